The first-order valence-electron chi connectivity index (χ1n) is 16.7. The Morgan fingerprint density at radius 2 is 0.778 bits per heavy atom. The first kappa shape index (κ1) is 35.3. The molecule has 3 heteroatoms. The number of alkyl carbamates (subject to hydrolysis) is 1. The number of unbranched alkanes of at least 4 members (excludes halogenated alkanes) is 22. The van der Waals surface area contributed by atoms with Crippen LogP contribution in [0.15, 0.2) is 0 Å². The average molecular weight is 510 g/mol. The molecule has 0 aliphatic carbocycles. The molecule has 0 heterocycles. The van der Waals surface area contributed by atoms with Crippen molar-refractivity contribution in [1.29, 1.82) is 0 Å². The van der Waals surface area contributed by atoms with Crippen molar-refractivity contribution in [2.45, 2.75) is 200 Å². The lowest BCUT2D eigenvalue weighted by molar-refractivity contribution is 0.138. The quantitative estimate of drug-likeness (QED) is 0.102. The maximum atomic E-state index is 12.3. The zero-order valence-electron chi connectivity index (χ0n) is 25.2. The minimum atomic E-state index is -0.189. The molecule has 0 aliphatic heterocycles. The zero-order chi connectivity index (χ0) is 26.4. The highest BCUT2D eigenvalue weighted by molar-refractivity contribution is 5.67. The van der Waals surface area contributed by atoms with Gasteiger partial charge in [-0.3, -0.25) is 0 Å². The molecule has 3 nitrogen and oxygen atoms in total. The van der Waals surface area contributed by atoms with Crippen LogP contribution in [-0.2, 0) is 4.74 Å². The van der Waals surface area contributed by atoms with Crippen molar-refractivity contribution < 1.29 is 9.53 Å². The first-order chi connectivity index (χ1) is 17.7. The SMILES string of the molecule is CCCCCCCCCCCCCCCCOC(=O)NC(CCCCC)CCCCCCCCCC. The third-order valence-corrected chi connectivity index (χ3v) is 7.62. The smallest absolute Gasteiger partial charge is 0.407 e. The number of ether oxygens (including phenoxy) is 1. The van der Waals surface area contributed by atoms with Crippen LogP contribution in [0.25, 0.3) is 0 Å². The molecule has 0 fully saturated rings. The van der Waals surface area contributed by atoms with Gasteiger partial charge in [0.2, 0.25) is 0 Å². The monoisotopic (exact) mass is 510 g/mol. The Morgan fingerprint density at radius 3 is 1.19 bits per heavy atom. The molecule has 36 heavy (non-hydrogen) atoms. The summed E-state index contributed by atoms with van der Waals surface area (Å²) in [5.74, 6) is 0. The molecule has 216 valence electrons. The van der Waals surface area contributed by atoms with Gasteiger partial charge in [0.1, 0.15) is 0 Å². The number of hydrogen-bond donors (Lipinski definition) is 1. The third-order valence-electron chi connectivity index (χ3n) is 7.62. The second-order valence-electron chi connectivity index (χ2n) is 11.3. The zero-order valence-corrected chi connectivity index (χ0v) is 25.2. The van der Waals surface area contributed by atoms with Gasteiger partial charge in [-0.05, 0) is 19.3 Å². The van der Waals surface area contributed by atoms with Crippen LogP contribution in [0.2, 0.25) is 0 Å². The van der Waals surface area contributed by atoms with Crippen molar-refractivity contribution >= 4 is 6.09 Å². The molecular formula is C33H67NO2. The molecule has 0 bridgehead atoms. The van der Waals surface area contributed by atoms with Crippen molar-refractivity contribution in [2.75, 3.05) is 6.61 Å². The molecule has 0 saturated carbocycles. The lowest BCUT2D eigenvalue weighted by atomic mass is 10.0. The third kappa shape index (κ3) is 27.9. The van der Waals surface area contributed by atoms with Gasteiger partial charge in [0.25, 0.3) is 0 Å². The fraction of sp³-hybridized carbons (Fsp3) is 0.970. The molecule has 0 radical (unpaired) electrons. The van der Waals surface area contributed by atoms with Crippen LogP contribution in [0.4, 0.5) is 4.79 Å². The number of carbonyl (C=O) groups is 1. The van der Waals surface area contributed by atoms with Crippen LogP contribution < -0.4 is 5.32 Å². The van der Waals surface area contributed by atoms with E-state index in [1.807, 2.05) is 0 Å². The largest absolute Gasteiger partial charge is 0.450 e. The van der Waals surface area contributed by atoms with Crippen molar-refractivity contribution in [2.24, 2.45) is 0 Å². The highest BCUT2D eigenvalue weighted by Gasteiger charge is 2.12. The number of nitrogens with one attached hydrogen (secondary N) is 1. The molecule has 1 unspecified atom stereocenters. The van der Waals surface area contributed by atoms with Gasteiger partial charge in [0.05, 0.1) is 6.61 Å². The van der Waals surface area contributed by atoms with E-state index in [1.165, 1.54) is 154 Å². The van der Waals surface area contributed by atoms with Gasteiger partial charge >= 0.3 is 6.09 Å². The van der Waals surface area contributed by atoms with E-state index < -0.39 is 0 Å². The Labute approximate surface area is 227 Å². The van der Waals surface area contributed by atoms with Gasteiger partial charge in [0.15, 0.2) is 0 Å². The summed E-state index contributed by atoms with van der Waals surface area (Å²) in [5, 5.41) is 3.18. The lowest BCUT2D eigenvalue weighted by Crippen LogP contribution is -2.35. The molecule has 0 spiro atoms. The fourth-order valence-corrected chi connectivity index (χ4v) is 5.12. The summed E-state index contributed by atoms with van der Waals surface area (Å²) in [6, 6.07) is 0.292. The predicted octanol–water partition coefficient (Wildman–Crippen LogP) is 11.7. The van der Waals surface area contributed by atoms with E-state index in [9.17, 15) is 4.79 Å². The van der Waals surface area contributed by atoms with Crippen LogP contribution in [0.3, 0.4) is 0 Å². The first-order valence-corrected chi connectivity index (χ1v) is 16.7. The second kappa shape index (κ2) is 30.5. The van der Waals surface area contributed by atoms with Gasteiger partial charge in [-0.1, -0.05) is 175 Å². The molecular weight excluding hydrogens is 442 g/mol. The summed E-state index contributed by atoms with van der Waals surface area (Å²) in [6.07, 6.45) is 35.3. The standard InChI is InChI=1S/C33H67NO2/c1-4-7-10-12-14-16-17-18-19-20-21-23-25-28-31-36-33(35)34-32(29-26-9-6-3)30-27-24-22-15-13-11-8-5-2/h32H,4-31H2,1-3H3,(H,34,35). The second-order valence-corrected chi connectivity index (χ2v) is 11.3. The normalized spacial score (nSPS) is 12.1. The summed E-state index contributed by atoms with van der Waals surface area (Å²) < 4.78 is 5.52. The predicted molar refractivity (Wildman–Crippen MR) is 160 cm³/mol. The Balaban J connectivity index is 3.66. The van der Waals surface area contributed by atoms with E-state index in [1.54, 1.807) is 0 Å². The molecule has 1 amide bonds. The number of rotatable bonds is 29. The molecule has 1 N–H and O–H groups in total. The maximum Gasteiger partial charge on any atom is 0.407 e. The van der Waals surface area contributed by atoms with Gasteiger partial charge in [-0.15, -0.1) is 0 Å². The van der Waals surface area contributed by atoms with E-state index in [0.29, 0.717) is 12.6 Å². The molecule has 1 atom stereocenters. The van der Waals surface area contributed by atoms with E-state index in [0.717, 1.165) is 19.3 Å². The number of amides is 1. The Bertz CT molecular complexity index is 426. The summed E-state index contributed by atoms with van der Waals surface area (Å²) in [4.78, 5) is 12.3. The summed E-state index contributed by atoms with van der Waals surface area (Å²) >= 11 is 0. The van der Waals surface area contributed by atoms with E-state index in [4.69, 9.17) is 4.74 Å². The highest BCUT2D eigenvalue weighted by atomic mass is 16.5. The minimum Gasteiger partial charge on any atom is -0.450 e. The molecule has 0 rings (SSSR count). The van der Waals surface area contributed by atoms with Crippen LogP contribution in [0, 0.1) is 0 Å². The number of carbonyl (C=O) groups excluding carboxylic acids is 1. The van der Waals surface area contributed by atoms with E-state index >= 15 is 0 Å². The molecule has 0 aromatic rings. The highest BCUT2D eigenvalue weighted by Crippen LogP contribution is 2.15. The van der Waals surface area contributed by atoms with Gasteiger partial charge < -0.3 is 10.1 Å². The van der Waals surface area contributed by atoms with Crippen molar-refractivity contribution in [3.8, 4) is 0 Å². The molecule has 0 aliphatic rings. The van der Waals surface area contributed by atoms with Crippen LogP contribution in [0.5, 0.6) is 0 Å². The lowest BCUT2D eigenvalue weighted by Gasteiger charge is -2.18. The van der Waals surface area contributed by atoms with Crippen molar-refractivity contribution in [3.05, 3.63) is 0 Å². The summed E-state index contributed by atoms with van der Waals surface area (Å²) in [7, 11) is 0. The molecule has 0 saturated heterocycles. The summed E-state index contributed by atoms with van der Waals surface area (Å²) in [5.41, 5.74) is 0. The number of hydrogen-bond acceptors (Lipinski definition) is 2. The summed E-state index contributed by atoms with van der Waals surface area (Å²) in [6.45, 7) is 7.37. The van der Waals surface area contributed by atoms with E-state index in [-0.39, 0.29) is 6.09 Å². The topological polar surface area (TPSA) is 38.3 Å². The van der Waals surface area contributed by atoms with Gasteiger partial charge in [-0.2, -0.15) is 0 Å². The van der Waals surface area contributed by atoms with E-state index in [2.05, 4.69) is 26.1 Å². The van der Waals surface area contributed by atoms with Crippen molar-refractivity contribution in [1.82, 2.24) is 5.32 Å². The fourth-order valence-electron chi connectivity index (χ4n) is 5.12. The van der Waals surface area contributed by atoms with Crippen molar-refractivity contribution in [3.63, 3.8) is 0 Å². The Morgan fingerprint density at radius 1 is 0.472 bits per heavy atom. The van der Waals surface area contributed by atoms with Gasteiger partial charge in [-0.25, -0.2) is 4.79 Å². The van der Waals surface area contributed by atoms with Crippen LogP contribution >= 0.6 is 0 Å². The van der Waals surface area contributed by atoms with Crippen LogP contribution in [0.1, 0.15) is 194 Å². The van der Waals surface area contributed by atoms with Crippen LogP contribution in [-0.4, -0.2) is 18.7 Å². The minimum absolute atomic E-state index is 0.189. The molecule has 0 aromatic carbocycles. The average Bonchev–Trinajstić information content (AvgIpc) is 2.88. The molecule has 0 aromatic heterocycles. The van der Waals surface area contributed by atoms with Gasteiger partial charge in [0, 0.05) is 6.04 Å². The Hall–Kier alpha value is -0.730. The maximum absolute atomic E-state index is 12.3. The Kier molecular flexibility index (Phi) is 29.9.